The number of anilines is 1. The Hall–Kier alpha value is -1.46. The number of nitrogens with one attached hydrogen (secondary N) is 1. The van der Waals surface area contributed by atoms with Crippen LogP contribution in [0.15, 0.2) is 30.7 Å². The van der Waals surface area contributed by atoms with Crippen molar-refractivity contribution in [3.8, 4) is 0 Å². The van der Waals surface area contributed by atoms with E-state index in [1.165, 1.54) is 10.4 Å². The maximum Gasteiger partial charge on any atom is 0.185 e. The third-order valence-electron chi connectivity index (χ3n) is 3.13. The van der Waals surface area contributed by atoms with Gasteiger partial charge in [-0.1, -0.05) is 6.92 Å². The minimum Gasteiger partial charge on any atom is -0.347 e. The van der Waals surface area contributed by atoms with Crippen molar-refractivity contribution >= 4 is 16.5 Å². The standard InChI is InChI=1S/C15H22N4S/c1-4-7-17-12(2)14-10-18-15(20-14)19(3)11-13-5-8-16-9-6-13/h5-6,8-10,12,17H,4,7,11H2,1-3H3. The van der Waals surface area contributed by atoms with Crippen LogP contribution in [-0.4, -0.2) is 23.6 Å². The first kappa shape index (κ1) is 14.9. The van der Waals surface area contributed by atoms with Crippen LogP contribution in [0.1, 0.15) is 36.8 Å². The van der Waals surface area contributed by atoms with Crippen molar-refractivity contribution in [2.75, 3.05) is 18.5 Å². The molecule has 0 saturated heterocycles. The molecule has 0 fully saturated rings. The number of hydrogen-bond acceptors (Lipinski definition) is 5. The molecule has 108 valence electrons. The molecule has 0 aliphatic carbocycles. The van der Waals surface area contributed by atoms with E-state index >= 15 is 0 Å². The average molecular weight is 290 g/mol. The third-order valence-corrected chi connectivity index (χ3v) is 4.43. The van der Waals surface area contributed by atoms with Crippen LogP contribution < -0.4 is 10.2 Å². The number of hydrogen-bond donors (Lipinski definition) is 1. The Balaban J connectivity index is 1.97. The van der Waals surface area contributed by atoms with Gasteiger partial charge in [0.1, 0.15) is 0 Å². The molecule has 20 heavy (non-hydrogen) atoms. The Bertz CT molecular complexity index is 512. The van der Waals surface area contributed by atoms with Crippen molar-refractivity contribution < 1.29 is 0 Å². The van der Waals surface area contributed by atoms with Crippen LogP contribution in [0.2, 0.25) is 0 Å². The fourth-order valence-corrected chi connectivity index (χ4v) is 2.85. The van der Waals surface area contributed by atoms with Crippen molar-refractivity contribution in [2.24, 2.45) is 0 Å². The van der Waals surface area contributed by atoms with Gasteiger partial charge < -0.3 is 10.2 Å². The lowest BCUT2D eigenvalue weighted by Gasteiger charge is -2.15. The van der Waals surface area contributed by atoms with E-state index in [2.05, 4.69) is 41.1 Å². The van der Waals surface area contributed by atoms with E-state index in [0.29, 0.717) is 6.04 Å². The predicted molar refractivity (Wildman–Crippen MR) is 85.2 cm³/mol. The van der Waals surface area contributed by atoms with Crippen LogP contribution in [0.4, 0.5) is 5.13 Å². The molecule has 2 aromatic rings. The van der Waals surface area contributed by atoms with Gasteiger partial charge in [-0.05, 0) is 37.6 Å². The van der Waals surface area contributed by atoms with Gasteiger partial charge in [-0.15, -0.1) is 11.3 Å². The topological polar surface area (TPSA) is 41.1 Å². The second-order valence-corrected chi connectivity index (χ2v) is 5.97. The molecular weight excluding hydrogens is 268 g/mol. The van der Waals surface area contributed by atoms with Crippen LogP contribution in [0, 0.1) is 0 Å². The number of thiazole rings is 1. The summed E-state index contributed by atoms with van der Waals surface area (Å²) >= 11 is 1.76. The molecule has 0 radical (unpaired) electrons. The van der Waals surface area contributed by atoms with Gasteiger partial charge >= 0.3 is 0 Å². The summed E-state index contributed by atoms with van der Waals surface area (Å²) in [5.74, 6) is 0. The molecule has 2 rings (SSSR count). The highest BCUT2D eigenvalue weighted by Gasteiger charge is 2.12. The van der Waals surface area contributed by atoms with E-state index in [-0.39, 0.29) is 0 Å². The second kappa shape index (κ2) is 7.36. The smallest absolute Gasteiger partial charge is 0.185 e. The molecule has 1 atom stereocenters. The number of aromatic nitrogens is 2. The highest BCUT2D eigenvalue weighted by atomic mass is 32.1. The summed E-state index contributed by atoms with van der Waals surface area (Å²) in [4.78, 5) is 12.0. The highest BCUT2D eigenvalue weighted by molar-refractivity contribution is 7.15. The SMILES string of the molecule is CCCNC(C)c1cnc(N(C)Cc2ccncc2)s1. The summed E-state index contributed by atoms with van der Waals surface area (Å²) in [6, 6.07) is 4.45. The molecule has 0 saturated carbocycles. The summed E-state index contributed by atoms with van der Waals surface area (Å²) in [7, 11) is 2.08. The lowest BCUT2D eigenvalue weighted by molar-refractivity contribution is 0.577. The van der Waals surface area contributed by atoms with Gasteiger partial charge in [-0.25, -0.2) is 4.98 Å². The molecule has 1 N–H and O–H groups in total. The molecule has 0 bridgehead atoms. The van der Waals surface area contributed by atoms with Gasteiger partial charge in [0.15, 0.2) is 5.13 Å². The molecule has 0 spiro atoms. The Morgan fingerprint density at radius 3 is 2.80 bits per heavy atom. The molecule has 2 aromatic heterocycles. The second-order valence-electron chi connectivity index (χ2n) is 4.93. The predicted octanol–water partition coefficient (Wildman–Crippen LogP) is 3.24. The lowest BCUT2D eigenvalue weighted by atomic mass is 10.2. The molecule has 0 amide bonds. The fourth-order valence-electron chi connectivity index (χ4n) is 1.94. The van der Waals surface area contributed by atoms with E-state index in [1.54, 1.807) is 11.3 Å². The molecule has 0 aliphatic rings. The average Bonchev–Trinajstić information content (AvgIpc) is 2.96. The van der Waals surface area contributed by atoms with Crippen LogP contribution in [0.3, 0.4) is 0 Å². The summed E-state index contributed by atoms with van der Waals surface area (Å²) < 4.78 is 0. The van der Waals surface area contributed by atoms with Crippen LogP contribution in [0.5, 0.6) is 0 Å². The first-order chi connectivity index (χ1) is 9.70. The van der Waals surface area contributed by atoms with Crippen molar-refractivity contribution in [3.05, 3.63) is 41.2 Å². The van der Waals surface area contributed by atoms with Gasteiger partial charge in [0, 0.05) is 43.1 Å². The Morgan fingerprint density at radius 2 is 2.10 bits per heavy atom. The number of rotatable bonds is 7. The zero-order valence-corrected chi connectivity index (χ0v) is 13.2. The molecule has 0 aromatic carbocycles. The maximum atomic E-state index is 4.53. The monoisotopic (exact) mass is 290 g/mol. The minimum atomic E-state index is 0.371. The van der Waals surface area contributed by atoms with Crippen LogP contribution >= 0.6 is 11.3 Å². The Labute approximate surface area is 124 Å². The van der Waals surface area contributed by atoms with Gasteiger partial charge in [-0.3, -0.25) is 4.98 Å². The first-order valence-electron chi connectivity index (χ1n) is 7.00. The third kappa shape index (κ3) is 4.02. The van der Waals surface area contributed by atoms with Crippen molar-refractivity contribution in [2.45, 2.75) is 32.9 Å². The highest BCUT2D eigenvalue weighted by Crippen LogP contribution is 2.27. The fraction of sp³-hybridized carbons (Fsp3) is 0.467. The quantitative estimate of drug-likeness (QED) is 0.850. The van der Waals surface area contributed by atoms with Gasteiger partial charge in [0.25, 0.3) is 0 Å². The van der Waals surface area contributed by atoms with E-state index in [1.807, 2.05) is 30.7 Å². The van der Waals surface area contributed by atoms with Gasteiger partial charge in [0.05, 0.1) is 0 Å². The van der Waals surface area contributed by atoms with Crippen molar-refractivity contribution in [3.63, 3.8) is 0 Å². The van der Waals surface area contributed by atoms with E-state index in [4.69, 9.17) is 0 Å². The minimum absolute atomic E-state index is 0.371. The molecular formula is C15H22N4S. The Morgan fingerprint density at radius 1 is 1.35 bits per heavy atom. The normalized spacial score (nSPS) is 12.3. The maximum absolute atomic E-state index is 4.53. The number of pyridine rings is 1. The zero-order valence-electron chi connectivity index (χ0n) is 12.3. The summed E-state index contributed by atoms with van der Waals surface area (Å²) in [6.45, 7) is 6.27. The van der Waals surface area contributed by atoms with E-state index in [9.17, 15) is 0 Å². The summed E-state index contributed by atoms with van der Waals surface area (Å²) in [5, 5.41) is 4.55. The van der Waals surface area contributed by atoms with Crippen molar-refractivity contribution in [1.82, 2.24) is 15.3 Å². The largest absolute Gasteiger partial charge is 0.347 e. The lowest BCUT2D eigenvalue weighted by Crippen LogP contribution is -2.18. The molecule has 2 heterocycles. The summed E-state index contributed by atoms with van der Waals surface area (Å²) in [5.41, 5.74) is 1.25. The molecule has 0 aliphatic heterocycles. The van der Waals surface area contributed by atoms with Crippen molar-refractivity contribution in [1.29, 1.82) is 0 Å². The van der Waals surface area contributed by atoms with Crippen LogP contribution in [0.25, 0.3) is 0 Å². The molecule has 5 heteroatoms. The van der Waals surface area contributed by atoms with E-state index in [0.717, 1.165) is 24.6 Å². The summed E-state index contributed by atoms with van der Waals surface area (Å²) in [6.07, 6.45) is 6.79. The van der Waals surface area contributed by atoms with E-state index < -0.39 is 0 Å². The number of nitrogens with zero attached hydrogens (tertiary/aromatic N) is 3. The zero-order chi connectivity index (χ0) is 14.4. The molecule has 1 unspecified atom stereocenters. The van der Waals surface area contributed by atoms with Gasteiger partial charge in [-0.2, -0.15) is 0 Å². The van der Waals surface area contributed by atoms with Crippen LogP contribution in [-0.2, 0) is 6.54 Å². The molecule has 4 nitrogen and oxygen atoms in total. The first-order valence-corrected chi connectivity index (χ1v) is 7.81. The van der Waals surface area contributed by atoms with Gasteiger partial charge in [0.2, 0.25) is 0 Å². The Kier molecular flexibility index (Phi) is 5.49.